The lowest BCUT2D eigenvalue weighted by Crippen LogP contribution is -2.26. The molecule has 0 bridgehead atoms. The van der Waals surface area contributed by atoms with E-state index >= 15 is 0 Å². The maximum Gasteiger partial charge on any atom is 0.229 e. The third-order valence-corrected chi connectivity index (χ3v) is 3.51. The molecule has 0 saturated carbocycles. The number of aromatic hydroxyl groups is 1. The van der Waals surface area contributed by atoms with E-state index in [0.717, 1.165) is 37.4 Å². The van der Waals surface area contributed by atoms with E-state index in [-0.39, 0.29) is 5.75 Å². The zero-order valence-electron chi connectivity index (χ0n) is 10.7. The Morgan fingerprint density at radius 2 is 2.05 bits per heavy atom. The number of benzene rings is 1. The number of hydrogen-bond acceptors (Lipinski definition) is 5. The summed E-state index contributed by atoms with van der Waals surface area (Å²) in [6.07, 6.45) is 2.58. The summed E-state index contributed by atoms with van der Waals surface area (Å²) >= 11 is 0. The van der Waals surface area contributed by atoms with Crippen LogP contribution in [0.4, 0.5) is 0 Å². The van der Waals surface area contributed by atoms with Gasteiger partial charge >= 0.3 is 0 Å². The molecular formula is C14H17N3O2. The van der Waals surface area contributed by atoms with E-state index in [9.17, 15) is 5.11 Å². The third-order valence-electron chi connectivity index (χ3n) is 3.51. The van der Waals surface area contributed by atoms with Gasteiger partial charge in [-0.1, -0.05) is 23.4 Å². The number of rotatable bonds is 3. The second-order valence-corrected chi connectivity index (χ2v) is 4.88. The van der Waals surface area contributed by atoms with Crippen molar-refractivity contribution in [2.45, 2.75) is 25.2 Å². The van der Waals surface area contributed by atoms with Crippen molar-refractivity contribution in [2.75, 3.05) is 13.1 Å². The van der Waals surface area contributed by atoms with Crippen molar-refractivity contribution >= 4 is 0 Å². The van der Waals surface area contributed by atoms with Gasteiger partial charge in [-0.25, -0.2) is 0 Å². The zero-order chi connectivity index (χ0) is 13.1. The smallest absolute Gasteiger partial charge is 0.229 e. The molecule has 0 amide bonds. The fourth-order valence-corrected chi connectivity index (χ4v) is 2.40. The van der Waals surface area contributed by atoms with Crippen LogP contribution < -0.4 is 5.32 Å². The van der Waals surface area contributed by atoms with E-state index in [2.05, 4.69) is 15.5 Å². The Bertz CT molecular complexity index is 547. The van der Waals surface area contributed by atoms with Gasteiger partial charge in [0.05, 0.1) is 0 Å². The SMILES string of the molecule is Oc1ccccc1Cc1noc(C2CCNCC2)n1. The highest BCUT2D eigenvalue weighted by atomic mass is 16.5. The number of phenolic OH excluding ortho intramolecular Hbond substituents is 1. The zero-order valence-corrected chi connectivity index (χ0v) is 10.7. The van der Waals surface area contributed by atoms with Crippen LogP contribution in [-0.2, 0) is 6.42 Å². The van der Waals surface area contributed by atoms with Gasteiger partial charge in [-0.3, -0.25) is 0 Å². The van der Waals surface area contributed by atoms with Gasteiger partial charge in [-0.2, -0.15) is 4.98 Å². The molecule has 2 N–H and O–H groups in total. The number of hydrogen-bond donors (Lipinski definition) is 2. The van der Waals surface area contributed by atoms with Crippen LogP contribution in [-0.4, -0.2) is 28.3 Å². The molecule has 1 aromatic carbocycles. The fourth-order valence-electron chi connectivity index (χ4n) is 2.40. The molecule has 0 aliphatic carbocycles. The van der Waals surface area contributed by atoms with E-state index in [0.29, 0.717) is 18.2 Å². The normalized spacial score (nSPS) is 16.6. The van der Waals surface area contributed by atoms with Gasteiger partial charge in [0.15, 0.2) is 5.82 Å². The van der Waals surface area contributed by atoms with Gasteiger partial charge in [0.25, 0.3) is 0 Å². The average Bonchev–Trinajstić information content (AvgIpc) is 2.91. The number of para-hydroxylation sites is 1. The van der Waals surface area contributed by atoms with E-state index in [1.165, 1.54) is 0 Å². The number of phenols is 1. The molecular weight excluding hydrogens is 242 g/mol. The molecule has 2 heterocycles. The number of aromatic nitrogens is 2. The Balaban J connectivity index is 1.73. The lowest BCUT2D eigenvalue weighted by Gasteiger charge is -2.18. The largest absolute Gasteiger partial charge is 0.508 e. The molecule has 100 valence electrons. The minimum absolute atomic E-state index is 0.274. The van der Waals surface area contributed by atoms with Crippen LogP contribution in [0, 0.1) is 0 Å². The van der Waals surface area contributed by atoms with Gasteiger partial charge in [-0.05, 0) is 32.0 Å². The van der Waals surface area contributed by atoms with Crippen LogP contribution in [0.3, 0.4) is 0 Å². The van der Waals surface area contributed by atoms with Gasteiger partial charge < -0.3 is 14.9 Å². The topological polar surface area (TPSA) is 71.2 Å². The maximum atomic E-state index is 9.73. The molecule has 1 aliphatic rings. The van der Waals surface area contributed by atoms with Crippen LogP contribution in [0.25, 0.3) is 0 Å². The standard InChI is InChI=1S/C14H17N3O2/c18-12-4-2-1-3-11(12)9-13-16-14(19-17-13)10-5-7-15-8-6-10/h1-4,10,15,18H,5-9H2. The second kappa shape index (κ2) is 5.40. The van der Waals surface area contributed by atoms with Crippen LogP contribution in [0.5, 0.6) is 5.75 Å². The molecule has 3 rings (SSSR count). The van der Waals surface area contributed by atoms with Crippen molar-refractivity contribution in [3.05, 3.63) is 41.5 Å². The Morgan fingerprint density at radius 3 is 2.84 bits per heavy atom. The number of piperidine rings is 1. The van der Waals surface area contributed by atoms with Gasteiger partial charge in [-0.15, -0.1) is 0 Å². The average molecular weight is 259 g/mol. The van der Waals surface area contributed by atoms with Crippen LogP contribution >= 0.6 is 0 Å². The Labute approximate surface area is 111 Å². The van der Waals surface area contributed by atoms with Crippen molar-refractivity contribution in [2.24, 2.45) is 0 Å². The molecule has 1 aromatic heterocycles. The predicted octanol–water partition coefficient (Wildman–Crippen LogP) is 1.83. The first kappa shape index (κ1) is 12.2. The first-order valence-electron chi connectivity index (χ1n) is 6.63. The summed E-state index contributed by atoms with van der Waals surface area (Å²) < 4.78 is 5.35. The summed E-state index contributed by atoms with van der Waals surface area (Å²) in [7, 11) is 0. The first-order valence-corrected chi connectivity index (χ1v) is 6.63. The second-order valence-electron chi connectivity index (χ2n) is 4.88. The lowest BCUT2D eigenvalue weighted by atomic mass is 9.98. The van der Waals surface area contributed by atoms with E-state index < -0.39 is 0 Å². The molecule has 5 nitrogen and oxygen atoms in total. The Hall–Kier alpha value is -1.88. The van der Waals surface area contributed by atoms with Crippen LogP contribution in [0.1, 0.15) is 36.0 Å². The maximum absolute atomic E-state index is 9.73. The first-order chi connectivity index (χ1) is 9.33. The third kappa shape index (κ3) is 2.76. The molecule has 5 heteroatoms. The van der Waals surface area contributed by atoms with Crippen molar-refractivity contribution in [3.8, 4) is 5.75 Å². The fraction of sp³-hybridized carbons (Fsp3) is 0.429. The summed E-state index contributed by atoms with van der Waals surface area (Å²) in [6, 6.07) is 7.23. The highest BCUT2D eigenvalue weighted by Gasteiger charge is 2.21. The van der Waals surface area contributed by atoms with E-state index in [1.807, 2.05) is 12.1 Å². The minimum Gasteiger partial charge on any atom is -0.508 e. The summed E-state index contributed by atoms with van der Waals surface area (Å²) in [4.78, 5) is 4.45. The molecule has 1 fully saturated rings. The van der Waals surface area contributed by atoms with E-state index in [4.69, 9.17) is 4.52 Å². The molecule has 1 aliphatic heterocycles. The lowest BCUT2D eigenvalue weighted by molar-refractivity contribution is 0.318. The molecule has 0 atom stereocenters. The Morgan fingerprint density at radius 1 is 1.26 bits per heavy atom. The van der Waals surface area contributed by atoms with E-state index in [1.54, 1.807) is 12.1 Å². The number of nitrogens with zero attached hydrogens (tertiary/aromatic N) is 2. The molecule has 0 radical (unpaired) electrons. The van der Waals surface area contributed by atoms with Crippen molar-refractivity contribution < 1.29 is 9.63 Å². The Kier molecular flexibility index (Phi) is 3.46. The van der Waals surface area contributed by atoms with Crippen LogP contribution in [0.15, 0.2) is 28.8 Å². The highest BCUT2D eigenvalue weighted by Crippen LogP contribution is 2.24. The molecule has 19 heavy (non-hydrogen) atoms. The van der Waals surface area contributed by atoms with Crippen molar-refractivity contribution in [1.82, 2.24) is 15.5 Å². The quantitative estimate of drug-likeness (QED) is 0.880. The summed E-state index contributed by atoms with van der Waals surface area (Å²) in [5, 5.41) is 17.1. The summed E-state index contributed by atoms with van der Waals surface area (Å²) in [5.74, 6) is 2.00. The highest BCUT2D eigenvalue weighted by molar-refractivity contribution is 5.33. The summed E-state index contributed by atoms with van der Waals surface area (Å²) in [6.45, 7) is 2.00. The van der Waals surface area contributed by atoms with Gasteiger partial charge in [0.1, 0.15) is 5.75 Å². The van der Waals surface area contributed by atoms with Gasteiger partial charge in [0.2, 0.25) is 5.89 Å². The number of nitrogens with one attached hydrogen (secondary N) is 1. The molecule has 2 aromatic rings. The van der Waals surface area contributed by atoms with Crippen LogP contribution in [0.2, 0.25) is 0 Å². The van der Waals surface area contributed by atoms with Crippen molar-refractivity contribution in [3.63, 3.8) is 0 Å². The van der Waals surface area contributed by atoms with Gasteiger partial charge in [0, 0.05) is 17.9 Å². The monoisotopic (exact) mass is 259 g/mol. The molecule has 1 saturated heterocycles. The minimum atomic E-state index is 0.274. The molecule has 0 spiro atoms. The summed E-state index contributed by atoms with van der Waals surface area (Å²) in [5.41, 5.74) is 0.820. The van der Waals surface area contributed by atoms with Crippen molar-refractivity contribution in [1.29, 1.82) is 0 Å². The predicted molar refractivity (Wildman–Crippen MR) is 70.1 cm³/mol. The molecule has 0 unspecified atom stereocenters.